The van der Waals surface area contributed by atoms with Crippen LogP contribution in [0.25, 0.3) is 10.8 Å². The van der Waals surface area contributed by atoms with Crippen LogP contribution >= 0.6 is 11.6 Å². The zero-order chi connectivity index (χ0) is 30.3. The Morgan fingerprint density at radius 2 is 1.52 bits per heavy atom. The van der Waals surface area contributed by atoms with Crippen molar-refractivity contribution in [3.63, 3.8) is 0 Å². The summed E-state index contributed by atoms with van der Waals surface area (Å²) < 4.78 is 28.2. The van der Waals surface area contributed by atoms with Crippen molar-refractivity contribution in [3.8, 4) is 0 Å². The first-order valence-electron chi connectivity index (χ1n) is 13.9. The van der Waals surface area contributed by atoms with Gasteiger partial charge in [-0.3, -0.25) is 9.59 Å². The van der Waals surface area contributed by atoms with E-state index in [9.17, 15) is 18.0 Å². The molecule has 4 aromatic rings. The first-order chi connectivity index (χ1) is 20.1. The van der Waals surface area contributed by atoms with Crippen LogP contribution in [0, 0.1) is 0 Å². The van der Waals surface area contributed by atoms with Gasteiger partial charge < -0.3 is 10.2 Å². The number of fused-ring (bicyclic) bond motifs is 1. The molecule has 0 spiro atoms. The second-order valence-electron chi connectivity index (χ2n) is 10.4. The predicted molar refractivity (Wildman–Crippen MR) is 168 cm³/mol. The Labute approximate surface area is 253 Å². The van der Waals surface area contributed by atoms with Crippen molar-refractivity contribution >= 4 is 44.2 Å². The summed E-state index contributed by atoms with van der Waals surface area (Å²) >= 11 is 6.49. The molecule has 7 nitrogen and oxygen atoms in total. The second-order valence-corrected chi connectivity index (χ2v) is 12.9. The highest BCUT2D eigenvalue weighted by Crippen LogP contribution is 2.24. The Kier molecular flexibility index (Phi) is 10.4. The maximum atomic E-state index is 14.0. The molecule has 9 heteroatoms. The number of hydrogen-bond donors (Lipinski definition) is 1. The molecule has 0 unspecified atom stereocenters. The maximum Gasteiger partial charge on any atom is 0.243 e. The third-order valence-electron chi connectivity index (χ3n) is 7.36. The van der Waals surface area contributed by atoms with Gasteiger partial charge in [-0.25, -0.2) is 8.42 Å². The minimum absolute atomic E-state index is 0.0355. The molecule has 2 atom stereocenters. The van der Waals surface area contributed by atoms with E-state index in [1.807, 2.05) is 74.5 Å². The van der Waals surface area contributed by atoms with Gasteiger partial charge >= 0.3 is 0 Å². The summed E-state index contributed by atoms with van der Waals surface area (Å²) in [5, 5.41) is 5.16. The Morgan fingerprint density at radius 3 is 2.21 bits per heavy atom. The van der Waals surface area contributed by atoms with E-state index < -0.39 is 28.5 Å². The lowest BCUT2D eigenvalue weighted by Gasteiger charge is -2.33. The Bertz CT molecular complexity index is 1650. The molecule has 0 fully saturated rings. The third kappa shape index (κ3) is 7.56. The van der Waals surface area contributed by atoms with E-state index in [1.54, 1.807) is 30.3 Å². The van der Waals surface area contributed by atoms with Gasteiger partial charge in [0.2, 0.25) is 21.8 Å². The Morgan fingerprint density at radius 1 is 0.881 bits per heavy atom. The standard InChI is InChI=1S/C33H36ClN3O4S/c1-4-24(2)35-33(39)31(20-25-12-6-5-7-13-25)37(22-28-16-10-11-17-30(28)34)32(38)23-36(3)42(40,41)29-19-18-26-14-8-9-15-27(26)21-29/h5-19,21,24,31H,4,20,22-23H2,1-3H3,(H,35,39)/t24-,31+/m0/s1. The lowest BCUT2D eigenvalue weighted by atomic mass is 10.0. The number of rotatable bonds is 12. The molecule has 220 valence electrons. The topological polar surface area (TPSA) is 86.8 Å². The number of carbonyl (C=O) groups excluding carboxylic acids is 2. The van der Waals surface area contributed by atoms with E-state index in [0.717, 1.165) is 27.1 Å². The molecule has 0 aromatic heterocycles. The van der Waals surface area contributed by atoms with Gasteiger partial charge in [0.15, 0.2) is 0 Å². The molecule has 0 heterocycles. The van der Waals surface area contributed by atoms with Crippen LogP contribution in [0.15, 0.2) is 102 Å². The smallest absolute Gasteiger partial charge is 0.243 e. The number of benzene rings is 4. The van der Waals surface area contributed by atoms with Gasteiger partial charge in [0, 0.05) is 31.1 Å². The number of carbonyl (C=O) groups is 2. The Hall–Kier alpha value is -3.72. The van der Waals surface area contributed by atoms with Crippen LogP contribution in [0.3, 0.4) is 0 Å². The van der Waals surface area contributed by atoms with Crippen molar-refractivity contribution in [1.82, 2.24) is 14.5 Å². The summed E-state index contributed by atoms with van der Waals surface area (Å²) in [7, 11) is -2.63. The average Bonchev–Trinajstić information content (AvgIpc) is 2.99. The van der Waals surface area contributed by atoms with Crippen molar-refractivity contribution in [2.24, 2.45) is 0 Å². The molecule has 0 bridgehead atoms. The minimum atomic E-state index is -4.01. The van der Waals surface area contributed by atoms with E-state index in [-0.39, 0.29) is 29.8 Å². The van der Waals surface area contributed by atoms with Gasteiger partial charge in [-0.1, -0.05) is 97.4 Å². The molecule has 0 saturated carbocycles. The summed E-state index contributed by atoms with van der Waals surface area (Å²) in [6.07, 6.45) is 0.968. The van der Waals surface area contributed by atoms with Gasteiger partial charge in [0.05, 0.1) is 11.4 Å². The minimum Gasteiger partial charge on any atom is -0.352 e. The van der Waals surface area contributed by atoms with E-state index >= 15 is 0 Å². The summed E-state index contributed by atoms with van der Waals surface area (Å²) in [6, 6.07) is 27.9. The molecular formula is C33H36ClN3O4S. The summed E-state index contributed by atoms with van der Waals surface area (Å²) in [5.41, 5.74) is 1.53. The number of sulfonamides is 1. The predicted octanol–water partition coefficient (Wildman–Crippen LogP) is 5.67. The highest BCUT2D eigenvalue weighted by Gasteiger charge is 2.33. The lowest BCUT2D eigenvalue weighted by molar-refractivity contribution is -0.141. The zero-order valence-electron chi connectivity index (χ0n) is 24.0. The number of amides is 2. The highest BCUT2D eigenvalue weighted by molar-refractivity contribution is 7.89. The molecule has 0 radical (unpaired) electrons. The van der Waals surface area contributed by atoms with Gasteiger partial charge in [-0.05, 0) is 53.4 Å². The van der Waals surface area contributed by atoms with Gasteiger partial charge in [0.1, 0.15) is 6.04 Å². The van der Waals surface area contributed by atoms with E-state index in [1.165, 1.54) is 18.0 Å². The first-order valence-corrected chi connectivity index (χ1v) is 15.7. The van der Waals surface area contributed by atoms with Crippen molar-refractivity contribution in [1.29, 1.82) is 0 Å². The molecular weight excluding hydrogens is 570 g/mol. The largest absolute Gasteiger partial charge is 0.352 e. The number of hydrogen-bond acceptors (Lipinski definition) is 4. The summed E-state index contributed by atoms with van der Waals surface area (Å²) in [6.45, 7) is 3.45. The van der Waals surface area contributed by atoms with Crippen molar-refractivity contribution in [2.75, 3.05) is 13.6 Å². The van der Waals surface area contributed by atoms with E-state index in [2.05, 4.69) is 5.32 Å². The monoisotopic (exact) mass is 605 g/mol. The number of halogens is 1. The molecule has 42 heavy (non-hydrogen) atoms. The molecule has 1 N–H and O–H groups in total. The van der Waals surface area contributed by atoms with Crippen LogP contribution in [-0.4, -0.2) is 55.1 Å². The molecule has 0 aliphatic carbocycles. The van der Waals surface area contributed by atoms with Crippen LogP contribution in [0.5, 0.6) is 0 Å². The van der Waals surface area contributed by atoms with Crippen molar-refractivity contribution in [3.05, 3.63) is 113 Å². The summed E-state index contributed by atoms with van der Waals surface area (Å²) in [5.74, 6) is -0.823. The molecule has 0 aliphatic rings. The molecule has 4 rings (SSSR count). The quantitative estimate of drug-likeness (QED) is 0.225. The van der Waals surface area contributed by atoms with Gasteiger partial charge in [0.25, 0.3) is 0 Å². The van der Waals surface area contributed by atoms with Crippen LogP contribution in [0.2, 0.25) is 5.02 Å². The molecule has 2 amide bonds. The van der Waals surface area contributed by atoms with Crippen LogP contribution in [0.1, 0.15) is 31.4 Å². The maximum absolute atomic E-state index is 14.0. The molecule has 4 aromatic carbocycles. The lowest BCUT2D eigenvalue weighted by Crippen LogP contribution is -2.54. The Balaban J connectivity index is 1.68. The molecule has 0 aliphatic heterocycles. The number of nitrogens with one attached hydrogen (secondary N) is 1. The first kappa shape index (κ1) is 31.2. The molecule has 0 saturated heterocycles. The second kappa shape index (κ2) is 14.0. The van der Waals surface area contributed by atoms with E-state index in [0.29, 0.717) is 10.6 Å². The van der Waals surface area contributed by atoms with E-state index in [4.69, 9.17) is 11.6 Å². The van der Waals surface area contributed by atoms with Gasteiger partial charge in [-0.15, -0.1) is 0 Å². The number of nitrogens with zero attached hydrogens (tertiary/aromatic N) is 2. The average molecular weight is 606 g/mol. The van der Waals surface area contributed by atoms with Crippen LogP contribution in [-0.2, 0) is 32.6 Å². The SMILES string of the molecule is CC[C@H](C)NC(=O)[C@@H](Cc1ccccc1)N(Cc1ccccc1Cl)C(=O)CN(C)S(=O)(=O)c1ccc2ccccc2c1. The van der Waals surface area contributed by atoms with Crippen molar-refractivity contribution in [2.45, 2.75) is 50.2 Å². The van der Waals surface area contributed by atoms with Crippen LogP contribution in [0.4, 0.5) is 0 Å². The fourth-order valence-corrected chi connectivity index (χ4v) is 6.03. The zero-order valence-corrected chi connectivity index (χ0v) is 25.6. The fraction of sp³-hybridized carbons (Fsp3) is 0.273. The normalized spacial score (nSPS) is 13.1. The van der Waals surface area contributed by atoms with Crippen molar-refractivity contribution < 1.29 is 18.0 Å². The number of likely N-dealkylation sites (N-methyl/N-ethyl adjacent to an activating group) is 1. The van der Waals surface area contributed by atoms with Crippen LogP contribution < -0.4 is 5.32 Å². The van der Waals surface area contributed by atoms with Gasteiger partial charge in [-0.2, -0.15) is 4.31 Å². The highest BCUT2D eigenvalue weighted by atomic mass is 35.5. The summed E-state index contributed by atoms with van der Waals surface area (Å²) in [4.78, 5) is 29.3. The fourth-order valence-electron chi connectivity index (χ4n) is 4.68. The third-order valence-corrected chi connectivity index (χ3v) is 9.53.